The van der Waals surface area contributed by atoms with E-state index in [2.05, 4.69) is 62.9 Å². The first-order valence-corrected chi connectivity index (χ1v) is 8.91. The molecule has 3 aromatic heterocycles. The second-order valence-electron chi connectivity index (χ2n) is 4.97. The van der Waals surface area contributed by atoms with E-state index in [1.165, 1.54) is 27.8 Å². The Morgan fingerprint density at radius 2 is 1.36 bits per heavy atom. The highest BCUT2D eigenvalue weighted by Gasteiger charge is 2.15. The van der Waals surface area contributed by atoms with Crippen LogP contribution in [0, 0.1) is 0 Å². The molecule has 1 nitrogen and oxygen atoms in total. The highest BCUT2D eigenvalue weighted by Crippen LogP contribution is 2.40. The normalized spacial score (nSPS) is 10.7. The van der Waals surface area contributed by atoms with Crippen molar-refractivity contribution in [2.45, 2.75) is 0 Å². The minimum Gasteiger partial charge on any atom is -0.256 e. The standard InChI is InChI=1S/C19H13NS2/c1-2-9-20-18(6-1)19-16(14-7-10-21-12-14)4-3-5-17(19)15-8-11-22-13-15/h1-13H. The molecule has 0 aliphatic rings. The number of hydrogen-bond acceptors (Lipinski definition) is 3. The predicted octanol–water partition coefficient (Wildman–Crippen LogP) is 6.21. The van der Waals surface area contributed by atoms with Crippen molar-refractivity contribution in [3.8, 4) is 33.5 Å². The molecular weight excluding hydrogens is 306 g/mol. The summed E-state index contributed by atoms with van der Waals surface area (Å²) in [5.41, 5.74) is 7.21. The summed E-state index contributed by atoms with van der Waals surface area (Å²) >= 11 is 3.45. The van der Waals surface area contributed by atoms with Crippen LogP contribution in [0.15, 0.2) is 76.2 Å². The highest BCUT2D eigenvalue weighted by atomic mass is 32.1. The van der Waals surface area contributed by atoms with Crippen molar-refractivity contribution < 1.29 is 0 Å². The van der Waals surface area contributed by atoms with Crippen LogP contribution in [0.25, 0.3) is 33.5 Å². The van der Waals surface area contributed by atoms with E-state index in [1.54, 1.807) is 22.7 Å². The molecule has 0 N–H and O–H groups in total. The molecule has 0 atom stereocenters. The van der Waals surface area contributed by atoms with Crippen LogP contribution in [0.1, 0.15) is 0 Å². The molecule has 0 aliphatic heterocycles. The minimum atomic E-state index is 1.02. The predicted molar refractivity (Wildman–Crippen MR) is 96.3 cm³/mol. The van der Waals surface area contributed by atoms with Gasteiger partial charge in [0.15, 0.2) is 0 Å². The van der Waals surface area contributed by atoms with Gasteiger partial charge in [-0.25, -0.2) is 0 Å². The SMILES string of the molecule is c1ccc(-c2c(-c3ccsc3)cccc2-c2ccsc2)nc1. The molecule has 4 aromatic rings. The molecule has 3 heteroatoms. The van der Waals surface area contributed by atoms with Gasteiger partial charge in [-0.15, -0.1) is 0 Å². The van der Waals surface area contributed by atoms with Crippen LogP contribution < -0.4 is 0 Å². The number of rotatable bonds is 3. The number of nitrogens with zero attached hydrogens (tertiary/aromatic N) is 1. The average molecular weight is 319 g/mol. The van der Waals surface area contributed by atoms with E-state index in [9.17, 15) is 0 Å². The van der Waals surface area contributed by atoms with Gasteiger partial charge in [-0.3, -0.25) is 4.98 Å². The Bertz CT molecular complexity index is 811. The van der Waals surface area contributed by atoms with Crippen molar-refractivity contribution in [2.24, 2.45) is 0 Å². The molecule has 0 saturated carbocycles. The van der Waals surface area contributed by atoms with Crippen LogP contribution in [0.3, 0.4) is 0 Å². The molecule has 4 rings (SSSR count). The number of hydrogen-bond donors (Lipinski definition) is 0. The minimum absolute atomic E-state index is 1.02. The van der Waals surface area contributed by atoms with Crippen molar-refractivity contribution in [3.05, 3.63) is 76.2 Å². The van der Waals surface area contributed by atoms with Crippen LogP contribution in [0.2, 0.25) is 0 Å². The lowest BCUT2D eigenvalue weighted by atomic mass is 9.92. The number of aromatic nitrogens is 1. The van der Waals surface area contributed by atoms with Gasteiger partial charge in [-0.2, -0.15) is 22.7 Å². The van der Waals surface area contributed by atoms with E-state index in [-0.39, 0.29) is 0 Å². The van der Waals surface area contributed by atoms with Crippen molar-refractivity contribution in [3.63, 3.8) is 0 Å². The van der Waals surface area contributed by atoms with Gasteiger partial charge in [0, 0.05) is 11.8 Å². The largest absolute Gasteiger partial charge is 0.256 e. The fourth-order valence-corrected chi connectivity index (χ4v) is 3.97. The monoisotopic (exact) mass is 319 g/mol. The Morgan fingerprint density at radius 1 is 0.682 bits per heavy atom. The van der Waals surface area contributed by atoms with Crippen molar-refractivity contribution >= 4 is 22.7 Å². The molecular formula is C19H13NS2. The zero-order valence-corrected chi connectivity index (χ0v) is 13.4. The van der Waals surface area contributed by atoms with Gasteiger partial charge in [0.25, 0.3) is 0 Å². The molecule has 0 bridgehead atoms. The smallest absolute Gasteiger partial charge is 0.0714 e. The third-order valence-corrected chi connectivity index (χ3v) is 5.02. The molecule has 0 radical (unpaired) electrons. The first kappa shape index (κ1) is 13.4. The van der Waals surface area contributed by atoms with Gasteiger partial charge < -0.3 is 0 Å². The maximum Gasteiger partial charge on any atom is 0.0714 e. The molecule has 3 heterocycles. The van der Waals surface area contributed by atoms with E-state index in [0.29, 0.717) is 0 Å². The summed E-state index contributed by atoms with van der Waals surface area (Å²) in [7, 11) is 0. The van der Waals surface area contributed by atoms with Crippen molar-refractivity contribution in [1.82, 2.24) is 4.98 Å². The van der Waals surface area contributed by atoms with E-state index >= 15 is 0 Å². The van der Waals surface area contributed by atoms with Crippen LogP contribution in [-0.4, -0.2) is 4.98 Å². The van der Waals surface area contributed by atoms with E-state index in [1.807, 2.05) is 18.3 Å². The Balaban J connectivity index is 2.03. The summed E-state index contributed by atoms with van der Waals surface area (Å²) in [5.74, 6) is 0. The first-order valence-electron chi connectivity index (χ1n) is 7.03. The molecule has 0 spiro atoms. The van der Waals surface area contributed by atoms with Crippen LogP contribution in [0.4, 0.5) is 0 Å². The average Bonchev–Trinajstić information content (AvgIpc) is 3.28. The maximum atomic E-state index is 4.60. The van der Waals surface area contributed by atoms with Gasteiger partial charge >= 0.3 is 0 Å². The highest BCUT2D eigenvalue weighted by molar-refractivity contribution is 7.08. The van der Waals surface area contributed by atoms with Gasteiger partial charge in [-0.1, -0.05) is 24.3 Å². The third kappa shape index (κ3) is 2.39. The lowest BCUT2D eigenvalue weighted by molar-refractivity contribution is 1.33. The lowest BCUT2D eigenvalue weighted by Gasteiger charge is -2.13. The van der Waals surface area contributed by atoms with Crippen molar-refractivity contribution in [1.29, 1.82) is 0 Å². The van der Waals surface area contributed by atoms with Crippen LogP contribution in [0.5, 0.6) is 0 Å². The molecule has 0 amide bonds. The summed E-state index contributed by atoms with van der Waals surface area (Å²) in [6, 6.07) is 16.9. The maximum absolute atomic E-state index is 4.60. The summed E-state index contributed by atoms with van der Waals surface area (Å²) in [6.07, 6.45) is 1.86. The fraction of sp³-hybridized carbons (Fsp3) is 0. The quantitative estimate of drug-likeness (QED) is 0.438. The van der Waals surface area contributed by atoms with E-state index in [4.69, 9.17) is 0 Å². The Kier molecular flexibility index (Phi) is 3.59. The summed E-state index contributed by atoms with van der Waals surface area (Å²) in [6.45, 7) is 0. The topological polar surface area (TPSA) is 12.9 Å². The van der Waals surface area contributed by atoms with Gasteiger partial charge in [0.1, 0.15) is 0 Å². The summed E-state index contributed by atoms with van der Waals surface area (Å²) < 4.78 is 0. The molecule has 22 heavy (non-hydrogen) atoms. The second kappa shape index (κ2) is 5.87. The van der Waals surface area contributed by atoms with Gasteiger partial charge in [-0.05, 0) is 68.0 Å². The first-order chi connectivity index (χ1) is 10.9. The second-order valence-corrected chi connectivity index (χ2v) is 6.53. The Morgan fingerprint density at radius 3 is 1.86 bits per heavy atom. The lowest BCUT2D eigenvalue weighted by Crippen LogP contribution is -1.90. The summed E-state index contributed by atoms with van der Waals surface area (Å²) in [4.78, 5) is 4.60. The van der Waals surface area contributed by atoms with E-state index in [0.717, 1.165) is 5.69 Å². The van der Waals surface area contributed by atoms with Crippen LogP contribution in [-0.2, 0) is 0 Å². The molecule has 106 valence electrons. The number of benzene rings is 1. The molecule has 0 fully saturated rings. The van der Waals surface area contributed by atoms with Gasteiger partial charge in [0.05, 0.1) is 5.69 Å². The summed E-state index contributed by atoms with van der Waals surface area (Å²) in [5, 5.41) is 8.63. The Labute approximate surface area is 137 Å². The van der Waals surface area contributed by atoms with Gasteiger partial charge in [0.2, 0.25) is 0 Å². The van der Waals surface area contributed by atoms with Crippen LogP contribution >= 0.6 is 22.7 Å². The zero-order valence-electron chi connectivity index (χ0n) is 11.8. The molecule has 0 unspecified atom stereocenters. The number of thiophene rings is 2. The Hall–Kier alpha value is -2.23. The molecule has 0 aliphatic carbocycles. The van der Waals surface area contributed by atoms with Crippen molar-refractivity contribution in [2.75, 3.05) is 0 Å². The molecule has 1 aromatic carbocycles. The third-order valence-electron chi connectivity index (χ3n) is 3.65. The number of pyridine rings is 1. The van der Waals surface area contributed by atoms with E-state index < -0.39 is 0 Å². The fourth-order valence-electron chi connectivity index (χ4n) is 2.66. The molecule has 0 saturated heterocycles. The zero-order chi connectivity index (χ0) is 14.8.